The number of nitrogen functional groups attached to an aromatic ring is 1. The Kier molecular flexibility index (Phi) is 5.14. The summed E-state index contributed by atoms with van der Waals surface area (Å²) in [7, 11) is 3.89. The van der Waals surface area contributed by atoms with Gasteiger partial charge in [-0.05, 0) is 6.07 Å². The molecule has 2 aromatic rings. The third kappa shape index (κ3) is 2.89. The lowest BCUT2D eigenvalue weighted by Crippen LogP contribution is -2.17. The number of ether oxygens (including phenoxy) is 3. The zero-order chi connectivity index (χ0) is 19.4. The molecule has 0 fully saturated rings. The van der Waals surface area contributed by atoms with Crippen molar-refractivity contribution in [3.63, 3.8) is 0 Å². The van der Waals surface area contributed by atoms with Gasteiger partial charge in [0.25, 0.3) is 5.56 Å². The van der Waals surface area contributed by atoms with Gasteiger partial charge in [-0.2, -0.15) is 10.5 Å². The van der Waals surface area contributed by atoms with Gasteiger partial charge < -0.3 is 24.9 Å². The molecule has 1 heterocycles. The minimum atomic E-state index is -0.798. The summed E-state index contributed by atoms with van der Waals surface area (Å²) < 4.78 is 15.2. The van der Waals surface area contributed by atoms with Crippen molar-refractivity contribution < 1.29 is 19.0 Å². The number of benzene rings is 1. The van der Waals surface area contributed by atoms with Crippen LogP contribution in [-0.4, -0.2) is 32.3 Å². The fourth-order valence-electron chi connectivity index (χ4n) is 2.49. The second-order valence-corrected chi connectivity index (χ2v) is 4.96. The quantitative estimate of drug-likeness (QED) is 0.776. The zero-order valence-corrected chi connectivity index (χ0v) is 14.2. The molecule has 9 heteroatoms. The third-order valence-electron chi connectivity index (χ3n) is 3.65. The number of aromatic amines is 1. The van der Waals surface area contributed by atoms with Crippen molar-refractivity contribution in [3.05, 3.63) is 39.2 Å². The number of H-pyrrole nitrogens is 1. The predicted molar refractivity (Wildman–Crippen MR) is 90.8 cm³/mol. The fraction of sp³-hybridized carbons (Fsp3) is 0.176. The average Bonchev–Trinajstić information content (AvgIpc) is 2.65. The van der Waals surface area contributed by atoms with Gasteiger partial charge in [-0.3, -0.25) is 4.79 Å². The minimum absolute atomic E-state index is 0.0334. The minimum Gasteiger partial charge on any atom is -0.497 e. The van der Waals surface area contributed by atoms with Crippen LogP contribution in [0.2, 0.25) is 0 Å². The molecule has 0 atom stereocenters. The molecule has 26 heavy (non-hydrogen) atoms. The summed E-state index contributed by atoms with van der Waals surface area (Å²) in [6, 6.07) is 6.38. The summed E-state index contributed by atoms with van der Waals surface area (Å²) in [5.41, 5.74) is 4.24. The number of nitrogens with zero attached hydrogens (tertiary/aromatic N) is 2. The van der Waals surface area contributed by atoms with Gasteiger partial charge in [-0.1, -0.05) is 0 Å². The van der Waals surface area contributed by atoms with E-state index in [1.54, 1.807) is 6.07 Å². The number of hydrogen-bond acceptors (Lipinski definition) is 8. The Hall–Kier alpha value is -3.98. The standard InChI is InChI=1S/C17H14N4O5/c1-24-8-4-9(17(23)26-3)14(12(5-8)25-2)13-10(6-18)15(20)21-16(22)11(13)7-19/h4-5H,1-3H3,(H3,20,21,22). The average molecular weight is 354 g/mol. The van der Waals surface area contributed by atoms with E-state index >= 15 is 0 Å². The van der Waals surface area contributed by atoms with Gasteiger partial charge in [0.05, 0.1) is 26.9 Å². The fourth-order valence-corrected chi connectivity index (χ4v) is 2.49. The van der Waals surface area contributed by atoms with Gasteiger partial charge in [0, 0.05) is 17.2 Å². The largest absolute Gasteiger partial charge is 0.497 e. The molecule has 0 unspecified atom stereocenters. The Morgan fingerprint density at radius 1 is 1.08 bits per heavy atom. The third-order valence-corrected chi connectivity index (χ3v) is 3.65. The molecule has 0 aliphatic heterocycles. The highest BCUT2D eigenvalue weighted by atomic mass is 16.5. The molecule has 0 radical (unpaired) electrons. The molecule has 0 saturated heterocycles. The van der Waals surface area contributed by atoms with E-state index in [0.29, 0.717) is 0 Å². The van der Waals surface area contributed by atoms with Crippen LogP contribution in [0.4, 0.5) is 5.82 Å². The highest BCUT2D eigenvalue weighted by Crippen LogP contribution is 2.40. The summed E-state index contributed by atoms with van der Waals surface area (Å²) >= 11 is 0. The summed E-state index contributed by atoms with van der Waals surface area (Å²) in [6.45, 7) is 0. The number of nitriles is 2. The van der Waals surface area contributed by atoms with Gasteiger partial charge in [0.2, 0.25) is 0 Å². The first-order valence-electron chi connectivity index (χ1n) is 7.14. The highest BCUT2D eigenvalue weighted by molar-refractivity contribution is 6.02. The lowest BCUT2D eigenvalue weighted by molar-refractivity contribution is 0.0601. The molecular formula is C17H14N4O5. The van der Waals surface area contributed by atoms with Crippen molar-refractivity contribution in [2.24, 2.45) is 0 Å². The maximum Gasteiger partial charge on any atom is 0.338 e. The zero-order valence-electron chi connectivity index (χ0n) is 14.2. The van der Waals surface area contributed by atoms with Crippen LogP contribution in [0.15, 0.2) is 16.9 Å². The highest BCUT2D eigenvalue weighted by Gasteiger charge is 2.27. The van der Waals surface area contributed by atoms with E-state index in [9.17, 15) is 20.1 Å². The molecule has 0 spiro atoms. The number of anilines is 1. The van der Waals surface area contributed by atoms with Gasteiger partial charge in [-0.15, -0.1) is 0 Å². The van der Waals surface area contributed by atoms with Crippen LogP contribution in [0.1, 0.15) is 21.5 Å². The number of aromatic nitrogens is 1. The molecule has 3 N–H and O–H groups in total. The van der Waals surface area contributed by atoms with Crippen molar-refractivity contribution in [2.45, 2.75) is 0 Å². The van der Waals surface area contributed by atoms with Crippen LogP contribution >= 0.6 is 0 Å². The molecule has 0 aliphatic rings. The van der Waals surface area contributed by atoms with Crippen LogP contribution in [-0.2, 0) is 4.74 Å². The van der Waals surface area contributed by atoms with E-state index < -0.39 is 11.5 Å². The SMILES string of the molecule is COC(=O)c1cc(OC)cc(OC)c1-c1c(C#N)c(N)[nH]c(=O)c1C#N. The number of nitrogens with two attached hydrogens (primary N) is 1. The maximum atomic E-state index is 12.3. The van der Waals surface area contributed by atoms with Crippen molar-refractivity contribution in [1.82, 2.24) is 4.98 Å². The van der Waals surface area contributed by atoms with E-state index in [1.165, 1.54) is 33.5 Å². The molecule has 1 aromatic carbocycles. The lowest BCUT2D eigenvalue weighted by Gasteiger charge is -2.17. The maximum absolute atomic E-state index is 12.3. The lowest BCUT2D eigenvalue weighted by atomic mass is 9.91. The van der Waals surface area contributed by atoms with Crippen LogP contribution < -0.4 is 20.8 Å². The van der Waals surface area contributed by atoms with Crippen LogP contribution in [0.5, 0.6) is 11.5 Å². The second-order valence-electron chi connectivity index (χ2n) is 4.96. The monoisotopic (exact) mass is 354 g/mol. The topological polar surface area (TPSA) is 151 Å². The van der Waals surface area contributed by atoms with Crippen molar-refractivity contribution in [2.75, 3.05) is 27.1 Å². The Morgan fingerprint density at radius 2 is 1.73 bits per heavy atom. The first-order valence-corrected chi connectivity index (χ1v) is 7.14. The van der Waals surface area contributed by atoms with Gasteiger partial charge in [-0.25, -0.2) is 4.79 Å². The predicted octanol–water partition coefficient (Wildman–Crippen LogP) is 1.17. The first kappa shape index (κ1) is 18.4. The molecular weight excluding hydrogens is 340 g/mol. The smallest absolute Gasteiger partial charge is 0.338 e. The van der Waals surface area contributed by atoms with E-state index in [0.717, 1.165) is 0 Å². The second kappa shape index (κ2) is 7.28. The normalized spacial score (nSPS) is 9.73. The molecule has 0 amide bonds. The van der Waals surface area contributed by atoms with Crippen molar-refractivity contribution in [1.29, 1.82) is 10.5 Å². The molecule has 132 valence electrons. The van der Waals surface area contributed by atoms with E-state index in [-0.39, 0.29) is 45.1 Å². The van der Waals surface area contributed by atoms with E-state index in [2.05, 4.69) is 4.98 Å². The number of pyridine rings is 1. The summed E-state index contributed by atoms with van der Waals surface area (Å²) in [5.74, 6) is -0.632. The van der Waals surface area contributed by atoms with Crippen LogP contribution in [0.3, 0.4) is 0 Å². The van der Waals surface area contributed by atoms with Gasteiger partial charge in [0.1, 0.15) is 40.6 Å². The molecule has 2 rings (SSSR count). The first-order chi connectivity index (χ1) is 12.4. The summed E-state index contributed by atoms with van der Waals surface area (Å²) in [4.78, 5) is 26.7. The molecule has 9 nitrogen and oxygen atoms in total. The Morgan fingerprint density at radius 3 is 2.23 bits per heavy atom. The molecule has 0 aliphatic carbocycles. The number of esters is 1. The number of nitrogens with one attached hydrogen (secondary N) is 1. The van der Waals surface area contributed by atoms with Gasteiger partial charge in [0.15, 0.2) is 0 Å². The van der Waals surface area contributed by atoms with Crippen LogP contribution in [0, 0.1) is 22.7 Å². The number of hydrogen-bond donors (Lipinski definition) is 2. The number of rotatable bonds is 4. The van der Waals surface area contributed by atoms with Gasteiger partial charge >= 0.3 is 5.97 Å². The molecule has 1 aromatic heterocycles. The number of carbonyl (C=O) groups is 1. The number of methoxy groups -OCH3 is 3. The van der Waals surface area contributed by atoms with Crippen molar-refractivity contribution in [3.8, 4) is 34.8 Å². The molecule has 0 bridgehead atoms. The van der Waals surface area contributed by atoms with Crippen LogP contribution in [0.25, 0.3) is 11.1 Å². The summed E-state index contributed by atoms with van der Waals surface area (Å²) in [5, 5.41) is 18.9. The summed E-state index contributed by atoms with van der Waals surface area (Å²) in [6.07, 6.45) is 0. The van der Waals surface area contributed by atoms with E-state index in [4.69, 9.17) is 19.9 Å². The molecule has 0 saturated carbocycles. The Labute approximate surface area is 148 Å². The van der Waals surface area contributed by atoms with Crippen molar-refractivity contribution >= 4 is 11.8 Å². The Bertz CT molecular complexity index is 1030. The number of carbonyl (C=O) groups excluding carboxylic acids is 1. The van der Waals surface area contributed by atoms with E-state index in [1.807, 2.05) is 6.07 Å². The Balaban J connectivity index is 3.12.